The van der Waals surface area contributed by atoms with Gasteiger partial charge in [0.25, 0.3) is 0 Å². The summed E-state index contributed by atoms with van der Waals surface area (Å²) in [4.78, 5) is 12.1. The maximum atomic E-state index is 12.9. The summed E-state index contributed by atoms with van der Waals surface area (Å²) in [5.41, 5.74) is 1.72. The van der Waals surface area contributed by atoms with E-state index in [9.17, 15) is 13.2 Å². The molecule has 1 fully saturated rings. The van der Waals surface area contributed by atoms with Crippen molar-refractivity contribution < 1.29 is 13.2 Å². The molecule has 2 aliphatic heterocycles. The molecular weight excluding hydrogens is 290 g/mol. The van der Waals surface area contributed by atoms with E-state index in [1.807, 2.05) is 6.07 Å². The molecule has 0 spiro atoms. The van der Waals surface area contributed by atoms with Gasteiger partial charge in [-0.15, -0.1) is 0 Å². The molecule has 1 amide bonds. The molecule has 3 rings (SSSR count). The SMILES string of the molecule is CC1C(=O)NCCN1S(=O)(=O)c1cccc2c1CCCN2. The highest BCUT2D eigenvalue weighted by molar-refractivity contribution is 7.89. The number of fused-ring (bicyclic) bond motifs is 1. The van der Waals surface area contributed by atoms with Gasteiger partial charge >= 0.3 is 0 Å². The Morgan fingerprint density at radius 1 is 1.24 bits per heavy atom. The average Bonchev–Trinajstić information content (AvgIpc) is 2.49. The van der Waals surface area contributed by atoms with Crippen LogP contribution in [0.5, 0.6) is 0 Å². The van der Waals surface area contributed by atoms with E-state index in [0.29, 0.717) is 18.0 Å². The van der Waals surface area contributed by atoms with Crippen LogP contribution < -0.4 is 10.6 Å². The van der Waals surface area contributed by atoms with Gasteiger partial charge in [0.1, 0.15) is 6.04 Å². The number of rotatable bonds is 2. The topological polar surface area (TPSA) is 78.5 Å². The number of sulfonamides is 1. The van der Waals surface area contributed by atoms with Crippen LogP contribution in [0.3, 0.4) is 0 Å². The third-order valence-electron chi connectivity index (χ3n) is 4.08. The van der Waals surface area contributed by atoms with E-state index in [1.165, 1.54) is 4.31 Å². The van der Waals surface area contributed by atoms with Gasteiger partial charge in [0.2, 0.25) is 15.9 Å². The number of carbonyl (C=O) groups excluding carboxylic acids is 1. The largest absolute Gasteiger partial charge is 0.385 e. The lowest BCUT2D eigenvalue weighted by Gasteiger charge is -2.33. The van der Waals surface area contributed by atoms with Crippen LogP contribution in [-0.2, 0) is 21.2 Å². The first kappa shape index (κ1) is 14.3. The molecule has 0 saturated carbocycles. The standard InChI is InChI=1S/C14H19N3O3S/c1-10-14(18)16-8-9-17(10)21(19,20)13-6-2-5-12-11(13)4-3-7-15-12/h2,5-6,10,15H,3-4,7-9H2,1H3,(H,16,18). The Hall–Kier alpha value is -1.60. The Bertz CT molecular complexity index is 672. The van der Waals surface area contributed by atoms with Crippen molar-refractivity contribution in [1.29, 1.82) is 0 Å². The van der Waals surface area contributed by atoms with E-state index < -0.39 is 16.1 Å². The van der Waals surface area contributed by atoms with Crippen molar-refractivity contribution in [3.63, 3.8) is 0 Å². The number of hydrogen-bond donors (Lipinski definition) is 2. The Morgan fingerprint density at radius 2 is 2.05 bits per heavy atom. The monoisotopic (exact) mass is 309 g/mol. The van der Waals surface area contributed by atoms with E-state index in [-0.39, 0.29) is 5.91 Å². The number of amides is 1. The van der Waals surface area contributed by atoms with Crippen molar-refractivity contribution in [2.24, 2.45) is 0 Å². The lowest BCUT2D eigenvalue weighted by atomic mass is 10.0. The fourth-order valence-electron chi connectivity index (χ4n) is 2.94. The van der Waals surface area contributed by atoms with Crippen LogP contribution in [-0.4, -0.2) is 44.3 Å². The lowest BCUT2D eigenvalue weighted by molar-refractivity contribution is -0.126. The number of nitrogens with zero attached hydrogens (tertiary/aromatic N) is 1. The quantitative estimate of drug-likeness (QED) is 0.836. The Morgan fingerprint density at radius 3 is 2.86 bits per heavy atom. The average molecular weight is 309 g/mol. The van der Waals surface area contributed by atoms with Crippen LogP contribution in [0.4, 0.5) is 5.69 Å². The summed E-state index contributed by atoms with van der Waals surface area (Å²) >= 11 is 0. The van der Waals surface area contributed by atoms with Crippen LogP contribution in [0.25, 0.3) is 0 Å². The molecule has 1 aromatic carbocycles. The fraction of sp³-hybridized carbons (Fsp3) is 0.500. The number of benzene rings is 1. The van der Waals surface area contributed by atoms with Crippen LogP contribution in [0.15, 0.2) is 23.1 Å². The molecule has 114 valence electrons. The zero-order valence-corrected chi connectivity index (χ0v) is 12.7. The van der Waals surface area contributed by atoms with Gasteiger partial charge in [0, 0.05) is 25.3 Å². The molecule has 2 heterocycles. The predicted molar refractivity (Wildman–Crippen MR) is 79.6 cm³/mol. The minimum atomic E-state index is -3.65. The number of hydrogen-bond acceptors (Lipinski definition) is 4. The van der Waals surface area contributed by atoms with Crippen molar-refractivity contribution in [2.45, 2.75) is 30.7 Å². The summed E-state index contributed by atoms with van der Waals surface area (Å²) in [6, 6.07) is 4.62. The maximum Gasteiger partial charge on any atom is 0.244 e. The third-order valence-corrected chi connectivity index (χ3v) is 6.14. The van der Waals surface area contributed by atoms with Crippen molar-refractivity contribution in [2.75, 3.05) is 25.0 Å². The minimum absolute atomic E-state index is 0.243. The molecule has 0 radical (unpaired) electrons. The van der Waals surface area contributed by atoms with Crippen molar-refractivity contribution >= 4 is 21.6 Å². The zero-order valence-electron chi connectivity index (χ0n) is 11.9. The van der Waals surface area contributed by atoms with Crippen LogP contribution in [0.1, 0.15) is 18.9 Å². The van der Waals surface area contributed by atoms with Gasteiger partial charge in [-0.2, -0.15) is 4.31 Å². The van der Waals surface area contributed by atoms with E-state index in [0.717, 1.165) is 30.6 Å². The first-order valence-electron chi connectivity index (χ1n) is 7.17. The summed E-state index contributed by atoms with van der Waals surface area (Å²) in [5, 5.41) is 5.93. The molecule has 2 N–H and O–H groups in total. The van der Waals surface area contributed by atoms with Gasteiger partial charge in [0.05, 0.1) is 4.90 Å². The Balaban J connectivity index is 2.04. The van der Waals surface area contributed by atoms with Crippen molar-refractivity contribution in [1.82, 2.24) is 9.62 Å². The molecule has 6 nitrogen and oxygen atoms in total. The summed E-state index contributed by atoms with van der Waals surface area (Å²) in [5.74, 6) is -0.243. The fourth-order valence-corrected chi connectivity index (χ4v) is 4.81. The Kier molecular flexibility index (Phi) is 3.62. The summed E-state index contributed by atoms with van der Waals surface area (Å²) in [6.07, 6.45) is 1.65. The van der Waals surface area contributed by atoms with Crippen molar-refractivity contribution in [3.05, 3.63) is 23.8 Å². The van der Waals surface area contributed by atoms with Crippen molar-refractivity contribution in [3.8, 4) is 0 Å². The molecule has 2 aliphatic rings. The van der Waals surface area contributed by atoms with E-state index in [1.54, 1.807) is 19.1 Å². The maximum absolute atomic E-state index is 12.9. The molecule has 0 bridgehead atoms. The number of anilines is 1. The highest BCUT2D eigenvalue weighted by Crippen LogP contribution is 2.31. The smallest absolute Gasteiger partial charge is 0.244 e. The normalized spacial score (nSPS) is 23.1. The van der Waals surface area contributed by atoms with E-state index in [4.69, 9.17) is 0 Å². The highest BCUT2D eigenvalue weighted by Gasteiger charge is 2.37. The second-order valence-electron chi connectivity index (χ2n) is 5.40. The summed E-state index contributed by atoms with van der Waals surface area (Å²) in [6.45, 7) is 3.15. The first-order chi connectivity index (χ1) is 10.0. The molecular formula is C14H19N3O3S. The van der Waals surface area contributed by atoms with E-state index >= 15 is 0 Å². The second-order valence-corrected chi connectivity index (χ2v) is 7.25. The predicted octanol–water partition coefficient (Wildman–Crippen LogP) is 0.554. The van der Waals surface area contributed by atoms with Crippen LogP contribution in [0, 0.1) is 0 Å². The Labute approximate surface area is 124 Å². The molecule has 1 unspecified atom stereocenters. The van der Waals surface area contributed by atoms with Gasteiger partial charge in [-0.1, -0.05) is 6.07 Å². The molecule has 1 aromatic rings. The number of nitrogens with one attached hydrogen (secondary N) is 2. The van der Waals surface area contributed by atoms with Crippen LogP contribution >= 0.6 is 0 Å². The van der Waals surface area contributed by atoms with Gasteiger partial charge in [-0.3, -0.25) is 4.79 Å². The molecule has 7 heteroatoms. The first-order valence-corrected chi connectivity index (χ1v) is 8.61. The summed E-state index contributed by atoms with van der Waals surface area (Å²) in [7, 11) is -3.65. The number of piperazine rings is 1. The minimum Gasteiger partial charge on any atom is -0.385 e. The molecule has 0 aromatic heterocycles. The highest BCUT2D eigenvalue weighted by atomic mass is 32.2. The number of carbonyl (C=O) groups is 1. The van der Waals surface area contributed by atoms with Gasteiger partial charge < -0.3 is 10.6 Å². The van der Waals surface area contributed by atoms with Gasteiger partial charge in [0.15, 0.2) is 0 Å². The molecule has 21 heavy (non-hydrogen) atoms. The van der Waals surface area contributed by atoms with Crippen LogP contribution in [0.2, 0.25) is 0 Å². The third kappa shape index (κ3) is 2.40. The molecule has 0 aliphatic carbocycles. The van der Waals surface area contributed by atoms with Gasteiger partial charge in [-0.25, -0.2) is 8.42 Å². The van der Waals surface area contributed by atoms with E-state index in [2.05, 4.69) is 10.6 Å². The summed E-state index contributed by atoms with van der Waals surface area (Å²) < 4.78 is 27.2. The molecule has 1 atom stereocenters. The molecule has 1 saturated heterocycles. The lowest BCUT2D eigenvalue weighted by Crippen LogP contribution is -2.55. The van der Waals surface area contributed by atoms with Gasteiger partial charge in [-0.05, 0) is 37.5 Å². The second kappa shape index (κ2) is 5.31. The zero-order chi connectivity index (χ0) is 15.0.